The maximum atomic E-state index is 12.8. The summed E-state index contributed by atoms with van der Waals surface area (Å²) >= 11 is 0. The van der Waals surface area contributed by atoms with Gasteiger partial charge in [-0.25, -0.2) is 0 Å². The lowest BCUT2D eigenvalue weighted by Gasteiger charge is -2.12. The average molecular weight is 276 g/mol. The van der Waals surface area contributed by atoms with E-state index in [1.54, 1.807) is 7.11 Å². The Bertz CT molecular complexity index is 724. The van der Waals surface area contributed by atoms with Gasteiger partial charge in [0.15, 0.2) is 5.78 Å². The van der Waals surface area contributed by atoms with Crippen LogP contribution in [0.1, 0.15) is 27.9 Å². The number of carbonyl (C=O) groups is 1. The number of benzene rings is 2. The molecular weight excluding hydrogens is 260 g/mol. The van der Waals surface area contributed by atoms with Gasteiger partial charge < -0.3 is 4.74 Å². The van der Waals surface area contributed by atoms with Crippen LogP contribution in [0.15, 0.2) is 66.8 Å². The molecule has 0 aliphatic heterocycles. The molecule has 21 heavy (non-hydrogen) atoms. The van der Waals surface area contributed by atoms with Crippen molar-refractivity contribution >= 4 is 11.4 Å². The first-order valence-electron chi connectivity index (χ1n) is 6.93. The number of ketones is 1. The lowest BCUT2D eigenvalue weighted by molar-refractivity contribution is 0.103. The summed E-state index contributed by atoms with van der Waals surface area (Å²) in [5, 5.41) is 0. The first kappa shape index (κ1) is 13.4. The Balaban J connectivity index is 2.08. The van der Waals surface area contributed by atoms with E-state index in [2.05, 4.69) is 12.2 Å². The molecule has 0 bridgehead atoms. The largest absolute Gasteiger partial charge is 0.497 e. The third kappa shape index (κ3) is 2.65. The van der Waals surface area contributed by atoms with E-state index in [9.17, 15) is 4.79 Å². The van der Waals surface area contributed by atoms with Crippen LogP contribution in [-0.4, -0.2) is 12.9 Å². The molecule has 0 spiro atoms. The predicted octanol–water partition coefficient (Wildman–Crippen LogP) is 4.27. The van der Waals surface area contributed by atoms with Gasteiger partial charge in [-0.2, -0.15) is 0 Å². The fourth-order valence-electron chi connectivity index (χ4n) is 2.51. The zero-order valence-electron chi connectivity index (χ0n) is 11.9. The van der Waals surface area contributed by atoms with E-state index < -0.39 is 0 Å². The first-order chi connectivity index (χ1) is 10.3. The lowest BCUT2D eigenvalue weighted by atomic mass is 9.93. The van der Waals surface area contributed by atoms with E-state index in [1.807, 2.05) is 54.6 Å². The molecule has 2 aromatic carbocycles. The predicted molar refractivity (Wildman–Crippen MR) is 84.6 cm³/mol. The Morgan fingerprint density at radius 1 is 1.10 bits per heavy atom. The highest BCUT2D eigenvalue weighted by molar-refractivity contribution is 6.12. The Kier molecular flexibility index (Phi) is 3.69. The van der Waals surface area contributed by atoms with Gasteiger partial charge >= 0.3 is 0 Å². The number of ether oxygens (including phenoxy) is 1. The van der Waals surface area contributed by atoms with Gasteiger partial charge in [-0.3, -0.25) is 4.79 Å². The van der Waals surface area contributed by atoms with E-state index in [0.717, 1.165) is 17.6 Å². The standard InChI is InChI=1S/C19H16O2/c1-21-16-11-12-17(14-7-5-6-8-14)18(13-16)19(20)15-9-3-2-4-10-15/h2-7,9-13H,8H2,1H3. The SMILES string of the molecule is COc1ccc(C2=CC=CC2)c(C(=O)c2ccccc2)c1. The normalized spacial score (nSPS) is 13.1. The zero-order chi connectivity index (χ0) is 14.7. The molecule has 0 radical (unpaired) electrons. The summed E-state index contributed by atoms with van der Waals surface area (Å²) in [6.07, 6.45) is 7.04. The van der Waals surface area contributed by atoms with Gasteiger partial charge in [0.1, 0.15) is 5.75 Å². The number of hydrogen-bond acceptors (Lipinski definition) is 2. The quantitative estimate of drug-likeness (QED) is 0.779. The molecule has 2 aromatic rings. The molecule has 0 N–H and O–H groups in total. The molecule has 0 fully saturated rings. The monoisotopic (exact) mass is 276 g/mol. The van der Waals surface area contributed by atoms with Gasteiger partial charge in [-0.05, 0) is 29.7 Å². The van der Waals surface area contributed by atoms with E-state index in [1.165, 1.54) is 0 Å². The smallest absolute Gasteiger partial charge is 0.193 e. The first-order valence-corrected chi connectivity index (χ1v) is 6.93. The molecule has 0 atom stereocenters. The van der Waals surface area contributed by atoms with Gasteiger partial charge in [0.2, 0.25) is 0 Å². The highest BCUT2D eigenvalue weighted by atomic mass is 16.5. The topological polar surface area (TPSA) is 26.3 Å². The van der Waals surface area contributed by atoms with Crippen LogP contribution >= 0.6 is 0 Å². The molecule has 2 nitrogen and oxygen atoms in total. The lowest BCUT2D eigenvalue weighted by Crippen LogP contribution is -2.05. The van der Waals surface area contributed by atoms with E-state index in [-0.39, 0.29) is 5.78 Å². The third-order valence-corrected chi connectivity index (χ3v) is 3.62. The Labute approximate surface area is 124 Å². The number of carbonyl (C=O) groups excluding carboxylic acids is 1. The summed E-state index contributed by atoms with van der Waals surface area (Å²) < 4.78 is 5.27. The van der Waals surface area contributed by atoms with Gasteiger partial charge in [0.25, 0.3) is 0 Å². The molecule has 2 heteroatoms. The van der Waals surface area contributed by atoms with Crippen LogP contribution in [0.25, 0.3) is 5.57 Å². The van der Waals surface area contributed by atoms with Crippen molar-refractivity contribution in [2.24, 2.45) is 0 Å². The number of rotatable bonds is 4. The van der Waals surface area contributed by atoms with Crippen molar-refractivity contribution in [3.8, 4) is 5.75 Å². The summed E-state index contributed by atoms with van der Waals surface area (Å²) in [5.41, 5.74) is 3.53. The van der Waals surface area contributed by atoms with Crippen LogP contribution in [0.3, 0.4) is 0 Å². The van der Waals surface area contributed by atoms with Gasteiger partial charge in [0, 0.05) is 11.1 Å². The maximum Gasteiger partial charge on any atom is 0.193 e. The number of methoxy groups -OCH3 is 1. The minimum Gasteiger partial charge on any atom is -0.497 e. The fourth-order valence-corrected chi connectivity index (χ4v) is 2.51. The van der Waals surface area contributed by atoms with E-state index in [4.69, 9.17) is 4.74 Å². The van der Waals surface area contributed by atoms with Gasteiger partial charge in [-0.1, -0.05) is 54.6 Å². The van der Waals surface area contributed by atoms with Crippen LogP contribution in [-0.2, 0) is 0 Å². The minimum absolute atomic E-state index is 0.0253. The second kappa shape index (κ2) is 5.80. The van der Waals surface area contributed by atoms with Crippen LogP contribution in [0.4, 0.5) is 0 Å². The van der Waals surface area contributed by atoms with Crippen molar-refractivity contribution in [3.63, 3.8) is 0 Å². The second-order valence-electron chi connectivity index (χ2n) is 4.93. The summed E-state index contributed by atoms with van der Waals surface area (Å²) in [6.45, 7) is 0. The molecule has 104 valence electrons. The Morgan fingerprint density at radius 3 is 2.57 bits per heavy atom. The molecule has 0 unspecified atom stereocenters. The Hall–Kier alpha value is -2.61. The molecule has 3 rings (SSSR count). The van der Waals surface area contributed by atoms with Crippen molar-refractivity contribution in [1.82, 2.24) is 0 Å². The fraction of sp³-hybridized carbons (Fsp3) is 0.105. The molecule has 0 saturated heterocycles. The highest BCUT2D eigenvalue weighted by Crippen LogP contribution is 2.30. The van der Waals surface area contributed by atoms with Crippen molar-refractivity contribution in [2.75, 3.05) is 7.11 Å². The summed E-state index contributed by atoms with van der Waals surface area (Å²) in [7, 11) is 1.61. The number of allylic oxidation sites excluding steroid dienone is 4. The average Bonchev–Trinajstić information content (AvgIpc) is 3.08. The number of hydrogen-bond donors (Lipinski definition) is 0. The van der Waals surface area contributed by atoms with Crippen LogP contribution in [0.5, 0.6) is 5.75 Å². The maximum absolute atomic E-state index is 12.8. The van der Waals surface area contributed by atoms with E-state index in [0.29, 0.717) is 16.9 Å². The summed E-state index contributed by atoms with van der Waals surface area (Å²) in [4.78, 5) is 12.8. The van der Waals surface area contributed by atoms with E-state index >= 15 is 0 Å². The molecule has 0 amide bonds. The van der Waals surface area contributed by atoms with Crippen molar-refractivity contribution < 1.29 is 9.53 Å². The van der Waals surface area contributed by atoms with Gasteiger partial charge in [-0.15, -0.1) is 0 Å². The molecule has 0 aromatic heterocycles. The Morgan fingerprint density at radius 2 is 1.90 bits per heavy atom. The molecule has 0 saturated carbocycles. The molecule has 1 aliphatic carbocycles. The molecule has 1 aliphatic rings. The molecule has 0 heterocycles. The molecular formula is C19H16O2. The van der Waals surface area contributed by atoms with Crippen LogP contribution in [0, 0.1) is 0 Å². The van der Waals surface area contributed by atoms with Crippen molar-refractivity contribution in [1.29, 1.82) is 0 Å². The van der Waals surface area contributed by atoms with Crippen LogP contribution < -0.4 is 4.74 Å². The summed E-state index contributed by atoms with van der Waals surface area (Å²) in [5.74, 6) is 0.724. The highest BCUT2D eigenvalue weighted by Gasteiger charge is 2.17. The second-order valence-corrected chi connectivity index (χ2v) is 4.93. The van der Waals surface area contributed by atoms with Gasteiger partial charge in [0.05, 0.1) is 7.11 Å². The van der Waals surface area contributed by atoms with Crippen LogP contribution in [0.2, 0.25) is 0 Å². The van der Waals surface area contributed by atoms with Crippen molar-refractivity contribution in [2.45, 2.75) is 6.42 Å². The minimum atomic E-state index is 0.0253. The third-order valence-electron chi connectivity index (χ3n) is 3.62. The summed E-state index contributed by atoms with van der Waals surface area (Å²) in [6, 6.07) is 15.0. The van der Waals surface area contributed by atoms with Crippen molar-refractivity contribution in [3.05, 3.63) is 83.4 Å². The zero-order valence-corrected chi connectivity index (χ0v) is 11.9.